The number of hydrogen-bond donors (Lipinski definition) is 3. The highest BCUT2D eigenvalue weighted by Crippen LogP contribution is 2.20. The summed E-state index contributed by atoms with van der Waals surface area (Å²) in [6, 6.07) is 5.96. The molecule has 3 N–H and O–H groups in total. The van der Waals surface area contributed by atoms with Gasteiger partial charge in [-0.3, -0.25) is 0 Å². The lowest BCUT2D eigenvalue weighted by molar-refractivity contribution is 0.171. The summed E-state index contributed by atoms with van der Waals surface area (Å²) in [7, 11) is 1.67. The summed E-state index contributed by atoms with van der Waals surface area (Å²) in [4.78, 5) is 0. The average molecular weight is 253 g/mol. The van der Waals surface area contributed by atoms with Crippen molar-refractivity contribution in [2.45, 2.75) is 25.8 Å². The van der Waals surface area contributed by atoms with Gasteiger partial charge < -0.3 is 20.3 Å². The van der Waals surface area contributed by atoms with Crippen LogP contribution in [0.3, 0.4) is 0 Å². The number of rotatable bonds is 8. The zero-order valence-corrected chi connectivity index (χ0v) is 11.1. The first-order chi connectivity index (χ1) is 8.74. The largest absolute Gasteiger partial charge is 0.496 e. The molecule has 0 amide bonds. The van der Waals surface area contributed by atoms with Crippen molar-refractivity contribution >= 4 is 0 Å². The first-order valence-corrected chi connectivity index (χ1v) is 6.36. The smallest absolute Gasteiger partial charge is 0.122 e. The number of aliphatic hydroxyl groups excluding tert-OH is 2. The zero-order chi connectivity index (χ0) is 13.4. The van der Waals surface area contributed by atoms with Crippen LogP contribution >= 0.6 is 0 Å². The van der Waals surface area contributed by atoms with E-state index in [-0.39, 0.29) is 19.3 Å². The first kappa shape index (κ1) is 15.0. The lowest BCUT2D eigenvalue weighted by Gasteiger charge is -2.14. The Morgan fingerprint density at radius 1 is 1.28 bits per heavy atom. The average Bonchev–Trinajstić information content (AvgIpc) is 2.43. The van der Waals surface area contributed by atoms with Crippen LogP contribution in [0.1, 0.15) is 18.1 Å². The molecule has 0 aliphatic heterocycles. The van der Waals surface area contributed by atoms with E-state index in [9.17, 15) is 0 Å². The third-order valence-corrected chi connectivity index (χ3v) is 3.02. The molecule has 0 aliphatic rings. The minimum absolute atomic E-state index is 0.0529. The minimum atomic E-state index is -0.245. The molecule has 0 bridgehead atoms. The van der Waals surface area contributed by atoms with Crippen LogP contribution in [0.25, 0.3) is 0 Å². The Morgan fingerprint density at radius 3 is 2.56 bits per heavy atom. The molecule has 0 heterocycles. The molecule has 1 rings (SSSR count). The van der Waals surface area contributed by atoms with Crippen LogP contribution < -0.4 is 10.1 Å². The number of hydrogen-bond acceptors (Lipinski definition) is 4. The maximum Gasteiger partial charge on any atom is 0.122 e. The molecule has 0 radical (unpaired) electrons. The Balaban J connectivity index is 2.59. The van der Waals surface area contributed by atoms with E-state index in [1.165, 1.54) is 5.56 Å². The fourth-order valence-electron chi connectivity index (χ4n) is 1.85. The fraction of sp³-hybridized carbons (Fsp3) is 0.571. The van der Waals surface area contributed by atoms with Crippen molar-refractivity contribution in [3.05, 3.63) is 29.3 Å². The Labute approximate surface area is 109 Å². The maximum atomic E-state index is 8.96. The van der Waals surface area contributed by atoms with E-state index in [2.05, 4.69) is 24.4 Å². The van der Waals surface area contributed by atoms with Gasteiger partial charge in [-0.05, 0) is 36.6 Å². The van der Waals surface area contributed by atoms with Crippen LogP contribution in [0.15, 0.2) is 18.2 Å². The van der Waals surface area contributed by atoms with Gasteiger partial charge >= 0.3 is 0 Å². The molecular weight excluding hydrogens is 230 g/mol. The van der Waals surface area contributed by atoms with E-state index in [1.54, 1.807) is 7.11 Å². The van der Waals surface area contributed by atoms with Gasteiger partial charge in [0.25, 0.3) is 0 Å². The molecule has 4 nitrogen and oxygen atoms in total. The number of benzene rings is 1. The van der Waals surface area contributed by atoms with Crippen molar-refractivity contribution in [2.24, 2.45) is 0 Å². The Morgan fingerprint density at radius 2 is 2.00 bits per heavy atom. The van der Waals surface area contributed by atoms with Gasteiger partial charge in [0.15, 0.2) is 0 Å². The van der Waals surface area contributed by atoms with Crippen molar-refractivity contribution in [1.29, 1.82) is 0 Å². The van der Waals surface area contributed by atoms with E-state index < -0.39 is 0 Å². The molecule has 0 unspecified atom stereocenters. The monoisotopic (exact) mass is 253 g/mol. The second-order valence-corrected chi connectivity index (χ2v) is 4.27. The zero-order valence-electron chi connectivity index (χ0n) is 11.1. The number of nitrogens with one attached hydrogen (secondary N) is 1. The number of aliphatic hydroxyl groups is 2. The molecule has 1 aromatic carbocycles. The van der Waals surface area contributed by atoms with Gasteiger partial charge in [-0.1, -0.05) is 19.1 Å². The molecule has 18 heavy (non-hydrogen) atoms. The first-order valence-electron chi connectivity index (χ1n) is 6.36. The Kier molecular flexibility index (Phi) is 6.72. The van der Waals surface area contributed by atoms with E-state index in [4.69, 9.17) is 14.9 Å². The van der Waals surface area contributed by atoms with Crippen LogP contribution in [0.2, 0.25) is 0 Å². The van der Waals surface area contributed by atoms with Gasteiger partial charge in [-0.25, -0.2) is 0 Å². The third-order valence-electron chi connectivity index (χ3n) is 3.02. The highest BCUT2D eigenvalue weighted by Gasteiger charge is 2.07. The van der Waals surface area contributed by atoms with Gasteiger partial charge in [0.2, 0.25) is 0 Å². The number of aryl methyl sites for hydroxylation is 1. The molecule has 0 fully saturated rings. The highest BCUT2D eigenvalue weighted by atomic mass is 16.5. The topological polar surface area (TPSA) is 61.7 Å². The second kappa shape index (κ2) is 8.08. The molecule has 0 saturated carbocycles. The molecule has 102 valence electrons. The van der Waals surface area contributed by atoms with Gasteiger partial charge in [-0.15, -0.1) is 0 Å². The van der Waals surface area contributed by atoms with Gasteiger partial charge in [0.05, 0.1) is 26.4 Å². The third kappa shape index (κ3) is 4.29. The van der Waals surface area contributed by atoms with Crippen LogP contribution in [0.5, 0.6) is 5.75 Å². The van der Waals surface area contributed by atoms with E-state index in [1.807, 2.05) is 6.07 Å². The molecule has 1 aromatic rings. The van der Waals surface area contributed by atoms with Crippen molar-refractivity contribution in [3.63, 3.8) is 0 Å². The lowest BCUT2D eigenvalue weighted by Crippen LogP contribution is -2.36. The van der Waals surface area contributed by atoms with Crippen LogP contribution in [0, 0.1) is 0 Å². The quantitative estimate of drug-likeness (QED) is 0.639. The maximum absolute atomic E-state index is 8.96. The molecule has 0 aromatic heterocycles. The summed E-state index contributed by atoms with van der Waals surface area (Å²) in [5, 5.41) is 21.0. The van der Waals surface area contributed by atoms with Crippen molar-refractivity contribution in [2.75, 3.05) is 26.9 Å². The molecular formula is C14H23NO3. The van der Waals surface area contributed by atoms with Crippen LogP contribution in [-0.2, 0) is 12.8 Å². The minimum Gasteiger partial charge on any atom is -0.496 e. The predicted octanol–water partition coefficient (Wildman–Crippen LogP) is 0.743. The van der Waals surface area contributed by atoms with Gasteiger partial charge in [0, 0.05) is 0 Å². The number of methoxy groups -OCH3 is 1. The van der Waals surface area contributed by atoms with E-state index in [0.29, 0.717) is 6.54 Å². The van der Waals surface area contributed by atoms with Crippen molar-refractivity contribution in [3.8, 4) is 5.75 Å². The standard InChI is InChI=1S/C14H23NO3/c1-3-11-4-5-14(18-2)12(8-11)6-7-15-13(9-16)10-17/h4-5,8,13,15-17H,3,6-7,9-10H2,1-2H3. The summed E-state index contributed by atoms with van der Waals surface area (Å²) < 4.78 is 5.33. The van der Waals surface area contributed by atoms with E-state index >= 15 is 0 Å². The SMILES string of the molecule is CCc1ccc(OC)c(CCNC(CO)CO)c1. The summed E-state index contributed by atoms with van der Waals surface area (Å²) in [5.74, 6) is 0.888. The Bertz CT molecular complexity index is 351. The summed E-state index contributed by atoms with van der Waals surface area (Å²) in [6.07, 6.45) is 1.81. The van der Waals surface area contributed by atoms with Crippen LogP contribution in [0.4, 0.5) is 0 Å². The predicted molar refractivity (Wildman–Crippen MR) is 72.0 cm³/mol. The normalized spacial score (nSPS) is 10.9. The summed E-state index contributed by atoms with van der Waals surface area (Å²) in [6.45, 7) is 2.72. The van der Waals surface area contributed by atoms with E-state index in [0.717, 1.165) is 24.2 Å². The lowest BCUT2D eigenvalue weighted by atomic mass is 10.0. The summed E-state index contributed by atoms with van der Waals surface area (Å²) in [5.41, 5.74) is 2.44. The Hall–Kier alpha value is -1.10. The fourth-order valence-corrected chi connectivity index (χ4v) is 1.85. The van der Waals surface area contributed by atoms with Crippen LogP contribution in [-0.4, -0.2) is 43.1 Å². The number of ether oxygens (including phenoxy) is 1. The molecule has 0 aliphatic carbocycles. The molecule has 4 heteroatoms. The van der Waals surface area contributed by atoms with Gasteiger partial charge in [0.1, 0.15) is 5.75 Å². The van der Waals surface area contributed by atoms with Crippen molar-refractivity contribution in [1.82, 2.24) is 5.32 Å². The summed E-state index contributed by atoms with van der Waals surface area (Å²) >= 11 is 0. The molecule has 0 spiro atoms. The highest BCUT2D eigenvalue weighted by molar-refractivity contribution is 5.37. The second-order valence-electron chi connectivity index (χ2n) is 4.27. The van der Waals surface area contributed by atoms with Crippen molar-refractivity contribution < 1.29 is 14.9 Å². The van der Waals surface area contributed by atoms with Gasteiger partial charge in [-0.2, -0.15) is 0 Å². The molecule has 0 atom stereocenters. The molecule has 0 saturated heterocycles.